The zero-order chi connectivity index (χ0) is 11.5. The largest absolute Gasteiger partial charge is 0.310 e. The fraction of sp³-hybridized carbons (Fsp3) is 0.857. The molecule has 92 valence electrons. The molecule has 2 fully saturated rings. The van der Waals surface area contributed by atoms with Gasteiger partial charge in [-0.2, -0.15) is 0 Å². The van der Waals surface area contributed by atoms with Crippen LogP contribution in [0.5, 0.6) is 0 Å². The molecule has 1 heterocycles. The predicted octanol–water partition coefficient (Wildman–Crippen LogP) is 2.42. The molecule has 0 aromatic carbocycles. The summed E-state index contributed by atoms with van der Waals surface area (Å²) in [6.45, 7) is 12.3. The van der Waals surface area contributed by atoms with Gasteiger partial charge in [-0.15, -0.1) is 0 Å². The normalized spacial score (nSPS) is 31.6. The molecule has 0 radical (unpaired) electrons. The van der Waals surface area contributed by atoms with E-state index in [1.54, 1.807) is 0 Å². The van der Waals surface area contributed by atoms with Gasteiger partial charge in [-0.3, -0.25) is 4.90 Å². The van der Waals surface area contributed by atoms with Crippen LogP contribution in [0.1, 0.15) is 39.5 Å². The van der Waals surface area contributed by atoms with E-state index >= 15 is 0 Å². The van der Waals surface area contributed by atoms with Crippen LogP contribution in [-0.4, -0.2) is 36.6 Å². The summed E-state index contributed by atoms with van der Waals surface area (Å²) in [6.07, 6.45) is 5.48. The first kappa shape index (κ1) is 12.1. The Hall–Kier alpha value is -0.340. The monoisotopic (exact) mass is 222 g/mol. The van der Waals surface area contributed by atoms with E-state index in [0.29, 0.717) is 0 Å². The molecule has 0 aromatic heterocycles. The highest BCUT2D eigenvalue weighted by molar-refractivity contribution is 5.03. The molecule has 1 aliphatic heterocycles. The van der Waals surface area contributed by atoms with Gasteiger partial charge in [0.2, 0.25) is 0 Å². The summed E-state index contributed by atoms with van der Waals surface area (Å²) in [5.74, 6) is 0.861. The molecule has 2 unspecified atom stereocenters. The summed E-state index contributed by atoms with van der Waals surface area (Å²) in [4.78, 5) is 2.60. The van der Waals surface area contributed by atoms with Crippen LogP contribution in [0.4, 0.5) is 0 Å². The Labute approximate surface area is 100 Å². The highest BCUT2D eigenvalue weighted by Gasteiger charge is 2.24. The van der Waals surface area contributed by atoms with Crippen molar-refractivity contribution in [2.24, 2.45) is 5.92 Å². The number of likely N-dealkylation sites (tertiary alicyclic amines) is 1. The van der Waals surface area contributed by atoms with Gasteiger partial charge in [-0.25, -0.2) is 0 Å². The highest BCUT2D eigenvalue weighted by atomic mass is 15.2. The van der Waals surface area contributed by atoms with Crippen molar-refractivity contribution in [2.45, 2.75) is 51.6 Å². The zero-order valence-corrected chi connectivity index (χ0v) is 10.8. The molecule has 0 aromatic rings. The summed E-state index contributed by atoms with van der Waals surface area (Å²) in [7, 11) is 0. The van der Waals surface area contributed by atoms with Crippen LogP contribution in [0.2, 0.25) is 0 Å². The summed E-state index contributed by atoms with van der Waals surface area (Å²) in [6, 6.07) is 1.54. The maximum Gasteiger partial charge on any atom is 0.0205 e. The molecular weight excluding hydrogens is 196 g/mol. The van der Waals surface area contributed by atoms with Crippen molar-refractivity contribution >= 4 is 0 Å². The molecule has 1 aliphatic carbocycles. The Morgan fingerprint density at radius 2 is 2.00 bits per heavy atom. The molecule has 2 rings (SSSR count). The van der Waals surface area contributed by atoms with Crippen molar-refractivity contribution in [1.29, 1.82) is 0 Å². The van der Waals surface area contributed by atoms with Gasteiger partial charge in [0, 0.05) is 31.7 Å². The van der Waals surface area contributed by atoms with Crippen LogP contribution in [0, 0.1) is 5.92 Å². The average Bonchev–Trinajstić information content (AvgIpc) is 3.04. The van der Waals surface area contributed by atoms with Gasteiger partial charge in [0.25, 0.3) is 0 Å². The topological polar surface area (TPSA) is 15.3 Å². The second-order valence-electron chi connectivity index (χ2n) is 5.87. The average molecular weight is 222 g/mol. The summed E-state index contributed by atoms with van der Waals surface area (Å²) in [5, 5.41) is 3.55. The van der Waals surface area contributed by atoms with Crippen LogP contribution in [0.25, 0.3) is 0 Å². The standard InChI is InChI=1S/C14H26N2/c1-11-4-5-13(3)16(9-11)10-12(2)8-15-14-6-7-14/h11,13-15H,2,4-10H2,1,3H3. The van der Waals surface area contributed by atoms with Gasteiger partial charge in [-0.1, -0.05) is 13.5 Å². The second-order valence-corrected chi connectivity index (χ2v) is 5.87. The quantitative estimate of drug-likeness (QED) is 0.719. The molecule has 2 heteroatoms. The fourth-order valence-electron chi connectivity index (χ4n) is 2.52. The van der Waals surface area contributed by atoms with E-state index in [9.17, 15) is 0 Å². The minimum Gasteiger partial charge on any atom is -0.310 e. The van der Waals surface area contributed by atoms with Gasteiger partial charge >= 0.3 is 0 Å². The van der Waals surface area contributed by atoms with Crippen LogP contribution in [-0.2, 0) is 0 Å². The summed E-state index contributed by atoms with van der Waals surface area (Å²) >= 11 is 0. The van der Waals surface area contributed by atoms with E-state index < -0.39 is 0 Å². The third-order valence-corrected chi connectivity index (χ3v) is 3.89. The Balaban J connectivity index is 1.71. The Kier molecular flexibility index (Phi) is 4.04. The van der Waals surface area contributed by atoms with Crippen molar-refractivity contribution in [3.8, 4) is 0 Å². The minimum atomic E-state index is 0.744. The molecule has 16 heavy (non-hydrogen) atoms. The van der Waals surface area contributed by atoms with Crippen LogP contribution < -0.4 is 5.32 Å². The maximum atomic E-state index is 4.20. The maximum absolute atomic E-state index is 4.20. The fourth-order valence-corrected chi connectivity index (χ4v) is 2.52. The van der Waals surface area contributed by atoms with E-state index in [2.05, 4.69) is 30.6 Å². The second kappa shape index (κ2) is 5.33. The third kappa shape index (κ3) is 3.60. The number of hydrogen-bond acceptors (Lipinski definition) is 2. The first-order valence-corrected chi connectivity index (χ1v) is 6.79. The zero-order valence-electron chi connectivity index (χ0n) is 10.8. The predicted molar refractivity (Wildman–Crippen MR) is 69.6 cm³/mol. The molecule has 2 aliphatic rings. The van der Waals surface area contributed by atoms with Crippen molar-refractivity contribution < 1.29 is 0 Å². The lowest BCUT2D eigenvalue weighted by Crippen LogP contribution is -2.42. The minimum absolute atomic E-state index is 0.744. The Morgan fingerprint density at radius 3 is 2.69 bits per heavy atom. The van der Waals surface area contributed by atoms with E-state index in [1.807, 2.05) is 0 Å². The van der Waals surface area contributed by atoms with Crippen LogP contribution >= 0.6 is 0 Å². The molecule has 0 bridgehead atoms. The molecule has 0 amide bonds. The number of piperidine rings is 1. The molecule has 2 nitrogen and oxygen atoms in total. The molecule has 1 saturated carbocycles. The first-order chi connectivity index (χ1) is 7.65. The van der Waals surface area contributed by atoms with Gasteiger partial charge in [-0.05, 0) is 44.1 Å². The van der Waals surface area contributed by atoms with E-state index in [-0.39, 0.29) is 0 Å². The third-order valence-electron chi connectivity index (χ3n) is 3.89. The van der Waals surface area contributed by atoms with Gasteiger partial charge in [0.15, 0.2) is 0 Å². The van der Waals surface area contributed by atoms with Gasteiger partial charge < -0.3 is 5.32 Å². The molecule has 0 spiro atoms. The van der Waals surface area contributed by atoms with Crippen molar-refractivity contribution in [2.75, 3.05) is 19.6 Å². The highest BCUT2D eigenvalue weighted by Crippen LogP contribution is 2.22. The number of nitrogens with one attached hydrogen (secondary N) is 1. The van der Waals surface area contributed by atoms with Crippen molar-refractivity contribution in [3.05, 3.63) is 12.2 Å². The molecule has 1 N–H and O–H groups in total. The first-order valence-electron chi connectivity index (χ1n) is 6.79. The number of rotatable bonds is 5. The Morgan fingerprint density at radius 1 is 1.25 bits per heavy atom. The van der Waals surface area contributed by atoms with Gasteiger partial charge in [0.1, 0.15) is 0 Å². The van der Waals surface area contributed by atoms with Crippen molar-refractivity contribution in [3.63, 3.8) is 0 Å². The SMILES string of the molecule is C=C(CNC1CC1)CN1CC(C)CCC1C. The molecule has 2 atom stereocenters. The van der Waals surface area contributed by atoms with E-state index in [4.69, 9.17) is 0 Å². The van der Waals surface area contributed by atoms with E-state index in [1.165, 1.54) is 37.8 Å². The smallest absolute Gasteiger partial charge is 0.0205 e. The lowest BCUT2D eigenvalue weighted by Gasteiger charge is -2.37. The summed E-state index contributed by atoms with van der Waals surface area (Å²) in [5.41, 5.74) is 1.35. The summed E-state index contributed by atoms with van der Waals surface area (Å²) < 4.78 is 0. The molecular formula is C14H26N2. The number of nitrogens with zero attached hydrogens (tertiary/aromatic N) is 1. The Bertz CT molecular complexity index is 245. The van der Waals surface area contributed by atoms with Crippen LogP contribution in [0.15, 0.2) is 12.2 Å². The lowest BCUT2D eigenvalue weighted by atomic mass is 9.94. The van der Waals surface area contributed by atoms with Crippen molar-refractivity contribution in [1.82, 2.24) is 10.2 Å². The lowest BCUT2D eigenvalue weighted by molar-refractivity contribution is 0.136. The van der Waals surface area contributed by atoms with Gasteiger partial charge in [0.05, 0.1) is 0 Å². The van der Waals surface area contributed by atoms with Crippen LogP contribution in [0.3, 0.4) is 0 Å². The van der Waals surface area contributed by atoms with E-state index in [0.717, 1.165) is 31.1 Å². The number of hydrogen-bond donors (Lipinski definition) is 1. The molecule has 1 saturated heterocycles.